The Labute approximate surface area is 148 Å². The summed E-state index contributed by atoms with van der Waals surface area (Å²) in [5, 5.41) is 9.05. The Kier molecular flexibility index (Phi) is 7.43. The molecule has 0 saturated heterocycles. The molecule has 1 amide bonds. The standard InChI is InChI=1S/C19H25N5O/c1-3-15-8-7-10-16(12-15)24-18(25)14-23-19(20-4-2)22-13-17-9-5-6-11-21-17/h5-12H,3-4,13-14H2,1-2H3,(H,24,25)(H2,20,22,23). The summed E-state index contributed by atoms with van der Waals surface area (Å²) in [6, 6.07) is 13.6. The zero-order valence-electron chi connectivity index (χ0n) is 14.7. The van der Waals surface area contributed by atoms with Crippen LogP contribution in [0, 0.1) is 0 Å². The molecule has 1 aromatic heterocycles. The molecule has 25 heavy (non-hydrogen) atoms. The Balaban J connectivity index is 1.87. The van der Waals surface area contributed by atoms with Gasteiger partial charge in [-0.2, -0.15) is 0 Å². The number of nitrogens with one attached hydrogen (secondary N) is 3. The summed E-state index contributed by atoms with van der Waals surface area (Å²) in [4.78, 5) is 20.8. The van der Waals surface area contributed by atoms with Crippen molar-refractivity contribution in [2.75, 3.05) is 18.4 Å². The van der Waals surface area contributed by atoms with Crippen molar-refractivity contribution in [3.8, 4) is 0 Å². The molecule has 6 nitrogen and oxygen atoms in total. The van der Waals surface area contributed by atoms with Crippen LogP contribution in [-0.4, -0.2) is 29.9 Å². The van der Waals surface area contributed by atoms with Crippen molar-refractivity contribution < 1.29 is 4.79 Å². The van der Waals surface area contributed by atoms with Gasteiger partial charge in [0.1, 0.15) is 0 Å². The lowest BCUT2D eigenvalue weighted by atomic mass is 10.1. The van der Waals surface area contributed by atoms with Crippen molar-refractivity contribution in [1.82, 2.24) is 15.6 Å². The van der Waals surface area contributed by atoms with Gasteiger partial charge in [-0.15, -0.1) is 0 Å². The second-order valence-corrected chi connectivity index (χ2v) is 5.47. The molecule has 6 heteroatoms. The number of aliphatic imine (C=N–C) groups is 1. The summed E-state index contributed by atoms with van der Waals surface area (Å²) in [6.45, 7) is 5.38. The van der Waals surface area contributed by atoms with Crippen LogP contribution in [0.5, 0.6) is 0 Å². The van der Waals surface area contributed by atoms with Gasteiger partial charge in [-0.05, 0) is 43.2 Å². The molecule has 0 aliphatic carbocycles. The number of aryl methyl sites for hydroxylation is 1. The molecular formula is C19H25N5O. The van der Waals surface area contributed by atoms with Crippen LogP contribution >= 0.6 is 0 Å². The number of hydrogen-bond donors (Lipinski definition) is 3. The molecule has 0 unspecified atom stereocenters. The van der Waals surface area contributed by atoms with Gasteiger partial charge in [-0.3, -0.25) is 9.78 Å². The quantitative estimate of drug-likeness (QED) is 0.534. The average Bonchev–Trinajstić information content (AvgIpc) is 2.65. The van der Waals surface area contributed by atoms with Crippen LogP contribution in [0.25, 0.3) is 0 Å². The Morgan fingerprint density at radius 1 is 1.12 bits per heavy atom. The van der Waals surface area contributed by atoms with E-state index in [4.69, 9.17) is 0 Å². The highest BCUT2D eigenvalue weighted by atomic mass is 16.1. The van der Waals surface area contributed by atoms with Crippen molar-refractivity contribution in [2.24, 2.45) is 4.99 Å². The van der Waals surface area contributed by atoms with E-state index in [1.54, 1.807) is 6.20 Å². The molecule has 0 bridgehead atoms. The third-order valence-electron chi connectivity index (χ3n) is 3.50. The summed E-state index contributed by atoms with van der Waals surface area (Å²) in [5.41, 5.74) is 2.87. The number of rotatable bonds is 7. The largest absolute Gasteiger partial charge is 0.357 e. The number of carbonyl (C=O) groups excluding carboxylic acids is 1. The van der Waals surface area contributed by atoms with E-state index in [2.05, 4.69) is 32.9 Å². The Hall–Kier alpha value is -2.89. The van der Waals surface area contributed by atoms with Crippen LogP contribution in [0.15, 0.2) is 53.7 Å². The molecule has 0 saturated carbocycles. The smallest absolute Gasteiger partial charge is 0.243 e. The van der Waals surface area contributed by atoms with Gasteiger partial charge in [0.15, 0.2) is 5.96 Å². The third-order valence-corrected chi connectivity index (χ3v) is 3.50. The fourth-order valence-corrected chi connectivity index (χ4v) is 2.23. The topological polar surface area (TPSA) is 78.4 Å². The van der Waals surface area contributed by atoms with Gasteiger partial charge in [-0.25, -0.2) is 4.99 Å². The van der Waals surface area contributed by atoms with Gasteiger partial charge < -0.3 is 16.0 Å². The minimum Gasteiger partial charge on any atom is -0.357 e. The number of anilines is 1. The molecular weight excluding hydrogens is 314 g/mol. The van der Waals surface area contributed by atoms with Crippen LogP contribution < -0.4 is 16.0 Å². The zero-order chi connectivity index (χ0) is 17.9. The number of carbonyl (C=O) groups is 1. The van der Waals surface area contributed by atoms with Crippen molar-refractivity contribution >= 4 is 17.6 Å². The minimum atomic E-state index is -0.114. The maximum atomic E-state index is 12.1. The second kappa shape index (κ2) is 10.1. The highest BCUT2D eigenvalue weighted by molar-refractivity contribution is 5.95. The summed E-state index contributed by atoms with van der Waals surface area (Å²) in [7, 11) is 0. The van der Waals surface area contributed by atoms with Crippen LogP contribution in [0.3, 0.4) is 0 Å². The molecule has 0 radical (unpaired) electrons. The highest BCUT2D eigenvalue weighted by Crippen LogP contribution is 2.10. The number of hydrogen-bond acceptors (Lipinski definition) is 3. The minimum absolute atomic E-state index is 0.114. The van der Waals surface area contributed by atoms with E-state index in [1.807, 2.05) is 49.4 Å². The van der Waals surface area contributed by atoms with E-state index in [-0.39, 0.29) is 12.5 Å². The number of guanidine groups is 1. The van der Waals surface area contributed by atoms with Crippen LogP contribution in [-0.2, 0) is 17.8 Å². The van der Waals surface area contributed by atoms with Crippen LogP contribution in [0.4, 0.5) is 5.69 Å². The molecule has 0 spiro atoms. The lowest BCUT2D eigenvalue weighted by molar-refractivity contribution is -0.115. The number of benzene rings is 1. The number of pyridine rings is 1. The second-order valence-electron chi connectivity index (χ2n) is 5.47. The third kappa shape index (κ3) is 6.63. The van der Waals surface area contributed by atoms with Gasteiger partial charge in [0.25, 0.3) is 0 Å². The molecule has 0 aliphatic heterocycles. The molecule has 132 valence electrons. The molecule has 0 fully saturated rings. The first-order chi connectivity index (χ1) is 12.2. The summed E-state index contributed by atoms with van der Waals surface area (Å²) >= 11 is 0. The molecule has 1 aromatic carbocycles. The first-order valence-electron chi connectivity index (χ1n) is 8.52. The van der Waals surface area contributed by atoms with Gasteiger partial charge in [0.05, 0.1) is 18.8 Å². The molecule has 2 rings (SSSR count). The normalized spacial score (nSPS) is 11.0. The Morgan fingerprint density at radius 2 is 2.00 bits per heavy atom. The Morgan fingerprint density at radius 3 is 2.72 bits per heavy atom. The highest BCUT2D eigenvalue weighted by Gasteiger charge is 2.05. The first kappa shape index (κ1) is 18.4. The zero-order valence-corrected chi connectivity index (χ0v) is 14.7. The van der Waals surface area contributed by atoms with E-state index < -0.39 is 0 Å². The van der Waals surface area contributed by atoms with Crippen molar-refractivity contribution in [1.29, 1.82) is 0 Å². The summed E-state index contributed by atoms with van der Waals surface area (Å²) < 4.78 is 0. The van der Waals surface area contributed by atoms with Crippen LogP contribution in [0.1, 0.15) is 25.1 Å². The predicted molar refractivity (Wildman–Crippen MR) is 102 cm³/mol. The molecule has 3 N–H and O–H groups in total. The van der Waals surface area contributed by atoms with E-state index >= 15 is 0 Å². The number of nitrogens with zero attached hydrogens (tertiary/aromatic N) is 2. The lowest BCUT2D eigenvalue weighted by Gasteiger charge is -2.12. The van der Waals surface area contributed by atoms with E-state index in [9.17, 15) is 4.79 Å². The average molecular weight is 339 g/mol. The van der Waals surface area contributed by atoms with E-state index in [1.165, 1.54) is 5.56 Å². The SMILES string of the molecule is CCNC(=NCc1ccccn1)NCC(=O)Nc1cccc(CC)c1. The maximum Gasteiger partial charge on any atom is 0.243 e. The molecule has 0 atom stereocenters. The van der Waals surface area contributed by atoms with Gasteiger partial charge >= 0.3 is 0 Å². The van der Waals surface area contributed by atoms with E-state index in [0.29, 0.717) is 19.0 Å². The number of aromatic nitrogens is 1. The van der Waals surface area contributed by atoms with Crippen molar-refractivity contribution in [2.45, 2.75) is 26.8 Å². The van der Waals surface area contributed by atoms with Gasteiger partial charge in [-0.1, -0.05) is 25.1 Å². The fourth-order valence-electron chi connectivity index (χ4n) is 2.23. The molecule has 2 aromatic rings. The fraction of sp³-hybridized carbons (Fsp3) is 0.316. The summed E-state index contributed by atoms with van der Waals surface area (Å²) in [6.07, 6.45) is 2.68. The van der Waals surface area contributed by atoms with Gasteiger partial charge in [0, 0.05) is 18.4 Å². The van der Waals surface area contributed by atoms with Crippen molar-refractivity contribution in [3.63, 3.8) is 0 Å². The molecule has 1 heterocycles. The predicted octanol–water partition coefficient (Wildman–Crippen LogP) is 2.34. The number of amides is 1. The molecule has 0 aliphatic rings. The van der Waals surface area contributed by atoms with E-state index in [0.717, 1.165) is 17.8 Å². The Bertz CT molecular complexity index is 700. The van der Waals surface area contributed by atoms with Gasteiger partial charge in [0.2, 0.25) is 5.91 Å². The van der Waals surface area contributed by atoms with Crippen LogP contribution in [0.2, 0.25) is 0 Å². The lowest BCUT2D eigenvalue weighted by Crippen LogP contribution is -2.41. The maximum absolute atomic E-state index is 12.1. The first-order valence-corrected chi connectivity index (χ1v) is 8.52. The summed E-state index contributed by atoms with van der Waals surface area (Å²) in [5.74, 6) is 0.474. The monoisotopic (exact) mass is 339 g/mol. The van der Waals surface area contributed by atoms with Crippen molar-refractivity contribution in [3.05, 3.63) is 59.9 Å².